The Balaban J connectivity index is 1.73. The van der Waals surface area contributed by atoms with E-state index in [0.717, 1.165) is 0 Å². The number of para-hydroxylation sites is 1. The van der Waals surface area contributed by atoms with E-state index < -0.39 is 11.7 Å². The fourth-order valence-corrected chi connectivity index (χ4v) is 2.16. The van der Waals surface area contributed by atoms with Crippen LogP contribution in [0.15, 0.2) is 48.5 Å². The van der Waals surface area contributed by atoms with Crippen LogP contribution in [0.25, 0.3) is 0 Å². The Bertz CT molecular complexity index is 863. The van der Waals surface area contributed by atoms with E-state index in [1.165, 1.54) is 12.1 Å². The van der Waals surface area contributed by atoms with Gasteiger partial charge >= 0.3 is 0 Å². The highest BCUT2D eigenvalue weighted by atomic mass is 19.1. The number of H-pyrrole nitrogens is 1. The molecule has 0 aliphatic heterocycles. The maximum absolute atomic E-state index is 13.7. The lowest BCUT2D eigenvalue weighted by Crippen LogP contribution is -2.14. The lowest BCUT2D eigenvalue weighted by Gasteiger charge is -2.08. The molecule has 0 radical (unpaired) electrons. The van der Waals surface area contributed by atoms with Gasteiger partial charge in [0.2, 0.25) is 0 Å². The second kappa shape index (κ2) is 7.43. The van der Waals surface area contributed by atoms with Crippen molar-refractivity contribution in [2.24, 2.45) is 0 Å². The first-order valence-corrected chi connectivity index (χ1v) is 7.64. The van der Waals surface area contributed by atoms with Crippen molar-refractivity contribution in [3.63, 3.8) is 0 Å². The molecule has 8 heteroatoms. The van der Waals surface area contributed by atoms with Crippen LogP contribution in [0, 0.1) is 5.82 Å². The number of anilines is 3. The smallest absolute Gasteiger partial charge is 0.280 e. The Hall–Kier alpha value is -3.42. The lowest BCUT2D eigenvalue weighted by molar-refractivity contribution is 0.102. The van der Waals surface area contributed by atoms with E-state index in [9.17, 15) is 9.18 Å². The summed E-state index contributed by atoms with van der Waals surface area (Å²) in [5.74, 6) is -0.0856. The average Bonchev–Trinajstić information content (AvgIpc) is 3.07. The molecular formula is C17H16FN5O2. The van der Waals surface area contributed by atoms with E-state index >= 15 is 0 Å². The zero-order chi connectivity index (χ0) is 17.6. The maximum Gasteiger partial charge on any atom is 0.280 e. The van der Waals surface area contributed by atoms with Crippen molar-refractivity contribution in [3.8, 4) is 5.75 Å². The molecule has 3 rings (SSSR count). The van der Waals surface area contributed by atoms with Crippen LogP contribution in [-0.4, -0.2) is 27.9 Å². The van der Waals surface area contributed by atoms with E-state index in [2.05, 4.69) is 26.0 Å². The van der Waals surface area contributed by atoms with Gasteiger partial charge in [-0.15, -0.1) is 10.2 Å². The first kappa shape index (κ1) is 16.4. The van der Waals surface area contributed by atoms with Crippen LogP contribution < -0.4 is 15.4 Å². The van der Waals surface area contributed by atoms with Crippen LogP contribution in [0.1, 0.15) is 17.4 Å². The Morgan fingerprint density at radius 3 is 2.64 bits per heavy atom. The average molecular weight is 341 g/mol. The molecule has 1 aromatic heterocycles. The van der Waals surface area contributed by atoms with E-state index in [0.29, 0.717) is 18.0 Å². The molecule has 7 nitrogen and oxygen atoms in total. The number of ether oxygens (including phenoxy) is 1. The number of carbonyl (C=O) groups excluding carboxylic acids is 1. The van der Waals surface area contributed by atoms with Crippen LogP contribution in [0.2, 0.25) is 0 Å². The molecule has 0 aliphatic carbocycles. The van der Waals surface area contributed by atoms with Crippen molar-refractivity contribution in [2.75, 3.05) is 17.2 Å². The van der Waals surface area contributed by atoms with Gasteiger partial charge in [0.1, 0.15) is 11.6 Å². The van der Waals surface area contributed by atoms with Crippen LogP contribution in [0.3, 0.4) is 0 Å². The van der Waals surface area contributed by atoms with Crippen molar-refractivity contribution in [3.05, 3.63) is 60.0 Å². The summed E-state index contributed by atoms with van der Waals surface area (Å²) in [5.41, 5.74) is 0.803. The Kier molecular flexibility index (Phi) is 4.89. The molecular weight excluding hydrogens is 325 g/mol. The van der Waals surface area contributed by atoms with E-state index in [1.54, 1.807) is 36.4 Å². The van der Waals surface area contributed by atoms with Crippen molar-refractivity contribution < 1.29 is 13.9 Å². The SMILES string of the molecule is CCOc1ccc(NC(=O)c2n[nH]nc2Nc2ccccc2F)cc1. The molecule has 0 saturated carbocycles. The van der Waals surface area contributed by atoms with Gasteiger partial charge in [-0.2, -0.15) is 5.21 Å². The zero-order valence-corrected chi connectivity index (χ0v) is 13.4. The van der Waals surface area contributed by atoms with Crippen molar-refractivity contribution in [1.29, 1.82) is 0 Å². The van der Waals surface area contributed by atoms with Crippen molar-refractivity contribution in [1.82, 2.24) is 15.4 Å². The number of aromatic nitrogens is 3. The van der Waals surface area contributed by atoms with E-state index in [1.807, 2.05) is 6.92 Å². The number of hydrogen-bond donors (Lipinski definition) is 3. The van der Waals surface area contributed by atoms with Gasteiger partial charge in [0, 0.05) is 5.69 Å². The molecule has 0 spiro atoms. The first-order chi connectivity index (χ1) is 12.2. The summed E-state index contributed by atoms with van der Waals surface area (Å²) in [6, 6.07) is 13.0. The number of halogens is 1. The zero-order valence-electron chi connectivity index (χ0n) is 13.4. The number of amides is 1. The summed E-state index contributed by atoms with van der Waals surface area (Å²) in [7, 11) is 0. The summed E-state index contributed by atoms with van der Waals surface area (Å²) < 4.78 is 19.1. The molecule has 3 N–H and O–H groups in total. The van der Waals surface area contributed by atoms with Gasteiger partial charge in [0.05, 0.1) is 12.3 Å². The third-order valence-electron chi connectivity index (χ3n) is 3.31. The Morgan fingerprint density at radius 2 is 1.92 bits per heavy atom. The number of nitrogens with one attached hydrogen (secondary N) is 3. The largest absolute Gasteiger partial charge is 0.494 e. The highest BCUT2D eigenvalue weighted by Crippen LogP contribution is 2.21. The van der Waals surface area contributed by atoms with Crippen LogP contribution in [0.5, 0.6) is 5.75 Å². The lowest BCUT2D eigenvalue weighted by atomic mass is 10.2. The maximum atomic E-state index is 13.7. The van der Waals surface area contributed by atoms with Crippen LogP contribution >= 0.6 is 0 Å². The molecule has 0 atom stereocenters. The van der Waals surface area contributed by atoms with Crippen LogP contribution in [0.4, 0.5) is 21.6 Å². The predicted molar refractivity (Wildman–Crippen MR) is 91.6 cm³/mol. The van der Waals surface area contributed by atoms with Gasteiger partial charge in [-0.1, -0.05) is 12.1 Å². The number of nitrogens with zero attached hydrogens (tertiary/aromatic N) is 2. The summed E-state index contributed by atoms with van der Waals surface area (Å²) in [5, 5.41) is 15.5. The quantitative estimate of drug-likeness (QED) is 0.639. The number of benzene rings is 2. The summed E-state index contributed by atoms with van der Waals surface area (Å²) >= 11 is 0. The van der Waals surface area contributed by atoms with Gasteiger partial charge in [-0.25, -0.2) is 4.39 Å². The Labute approximate surface area is 143 Å². The van der Waals surface area contributed by atoms with Crippen molar-refractivity contribution in [2.45, 2.75) is 6.92 Å². The highest BCUT2D eigenvalue weighted by Gasteiger charge is 2.17. The molecule has 2 aromatic carbocycles. The minimum Gasteiger partial charge on any atom is -0.494 e. The summed E-state index contributed by atoms with van der Waals surface area (Å²) in [6.45, 7) is 2.46. The second-order valence-corrected chi connectivity index (χ2v) is 5.04. The molecule has 1 amide bonds. The monoisotopic (exact) mass is 341 g/mol. The van der Waals surface area contributed by atoms with E-state index in [4.69, 9.17) is 4.74 Å². The predicted octanol–water partition coefficient (Wildman–Crippen LogP) is 3.34. The standard InChI is InChI=1S/C17H16FN5O2/c1-2-25-12-9-7-11(8-10-12)19-17(24)15-16(22-23-21-15)20-14-6-4-3-5-13(14)18/h3-10H,2H2,1H3,(H,19,24)(H2,20,21,22,23). The number of rotatable bonds is 6. The molecule has 3 aromatic rings. The number of carbonyl (C=O) groups is 1. The van der Waals surface area contributed by atoms with Gasteiger partial charge in [-0.3, -0.25) is 4.79 Å². The molecule has 0 fully saturated rings. The first-order valence-electron chi connectivity index (χ1n) is 7.64. The third kappa shape index (κ3) is 3.92. The molecule has 0 unspecified atom stereocenters. The fourth-order valence-electron chi connectivity index (χ4n) is 2.16. The number of hydrogen-bond acceptors (Lipinski definition) is 5. The highest BCUT2D eigenvalue weighted by molar-refractivity contribution is 6.06. The summed E-state index contributed by atoms with van der Waals surface area (Å²) in [4.78, 5) is 12.4. The molecule has 1 heterocycles. The summed E-state index contributed by atoms with van der Waals surface area (Å²) in [6.07, 6.45) is 0. The molecule has 0 saturated heterocycles. The van der Waals surface area contributed by atoms with Gasteiger partial charge in [0.25, 0.3) is 5.91 Å². The minimum absolute atomic E-state index is 0.0251. The Morgan fingerprint density at radius 1 is 1.16 bits per heavy atom. The van der Waals surface area contributed by atoms with Crippen LogP contribution in [-0.2, 0) is 0 Å². The number of aromatic amines is 1. The minimum atomic E-state index is -0.475. The van der Waals surface area contributed by atoms with Gasteiger partial charge < -0.3 is 15.4 Å². The van der Waals surface area contributed by atoms with Crippen molar-refractivity contribution >= 4 is 23.1 Å². The van der Waals surface area contributed by atoms with Gasteiger partial charge in [-0.05, 0) is 43.3 Å². The second-order valence-electron chi connectivity index (χ2n) is 5.04. The van der Waals surface area contributed by atoms with Gasteiger partial charge in [0.15, 0.2) is 11.5 Å². The normalized spacial score (nSPS) is 10.3. The molecule has 128 valence electrons. The molecule has 25 heavy (non-hydrogen) atoms. The topological polar surface area (TPSA) is 91.9 Å². The molecule has 0 aliphatic rings. The fraction of sp³-hybridized carbons (Fsp3) is 0.118. The third-order valence-corrected chi connectivity index (χ3v) is 3.31. The van der Waals surface area contributed by atoms with E-state index in [-0.39, 0.29) is 17.2 Å². The molecule has 0 bridgehead atoms.